The number of carbonyl (C=O) groups excluding carboxylic acids is 1. The Morgan fingerprint density at radius 1 is 1.24 bits per heavy atom. The van der Waals surface area contributed by atoms with Crippen LogP contribution in [0.5, 0.6) is 5.75 Å². The summed E-state index contributed by atoms with van der Waals surface area (Å²) >= 11 is 6.94. The van der Waals surface area contributed by atoms with Crippen LogP contribution >= 0.6 is 23.4 Å². The normalized spacial score (nSPS) is 11.5. The lowest BCUT2D eigenvalue weighted by Crippen LogP contribution is -2.30. The van der Waals surface area contributed by atoms with E-state index in [1.807, 2.05) is 0 Å². The second kappa shape index (κ2) is 10.3. The van der Waals surface area contributed by atoms with Crippen molar-refractivity contribution in [2.45, 2.75) is 30.5 Å². The monoisotopic (exact) mass is 460 g/mol. The van der Waals surface area contributed by atoms with Gasteiger partial charge in [0, 0.05) is 16.8 Å². The molecule has 2 aromatic rings. The molecule has 0 spiro atoms. The zero-order valence-corrected chi connectivity index (χ0v) is 18.6. The summed E-state index contributed by atoms with van der Waals surface area (Å²) in [4.78, 5) is 12.3. The number of nitrogens with one attached hydrogen (secondary N) is 2. The average Bonchev–Trinajstić information content (AvgIpc) is 2.62. The fourth-order valence-corrected chi connectivity index (χ4v) is 4.66. The zero-order chi connectivity index (χ0) is 21.6. The number of thioether (sulfide) groups is 1. The molecule has 0 heterocycles. The number of methoxy groups -OCH3 is 1. The highest BCUT2D eigenvalue weighted by Gasteiger charge is 2.18. The van der Waals surface area contributed by atoms with Crippen LogP contribution in [0.2, 0.25) is 5.02 Å². The number of benzene rings is 2. The Labute approximate surface area is 179 Å². The van der Waals surface area contributed by atoms with Crippen molar-refractivity contribution in [1.29, 1.82) is 0 Å². The van der Waals surface area contributed by atoms with Crippen molar-refractivity contribution in [3.8, 4) is 5.75 Å². The smallest absolute Gasteiger partial charge is 0.240 e. The summed E-state index contributed by atoms with van der Waals surface area (Å²) < 4.78 is 46.2. The lowest BCUT2D eigenvalue weighted by atomic mass is 10.2. The van der Waals surface area contributed by atoms with Gasteiger partial charge in [0.15, 0.2) is 0 Å². The van der Waals surface area contributed by atoms with Crippen LogP contribution in [-0.4, -0.2) is 33.2 Å². The molecule has 0 radical (unpaired) electrons. The van der Waals surface area contributed by atoms with E-state index >= 15 is 0 Å². The van der Waals surface area contributed by atoms with Crippen LogP contribution in [0.15, 0.2) is 41.3 Å². The summed E-state index contributed by atoms with van der Waals surface area (Å²) in [6.07, 6.45) is 0. The highest BCUT2D eigenvalue weighted by molar-refractivity contribution is 7.99. The number of sulfonamides is 1. The number of rotatable bonds is 9. The van der Waals surface area contributed by atoms with Gasteiger partial charge in [-0.15, -0.1) is 11.8 Å². The summed E-state index contributed by atoms with van der Waals surface area (Å²) in [6, 6.07) is 8.32. The van der Waals surface area contributed by atoms with Gasteiger partial charge >= 0.3 is 0 Å². The molecule has 0 atom stereocenters. The minimum Gasteiger partial charge on any atom is -0.495 e. The Hall–Kier alpha value is -1.81. The van der Waals surface area contributed by atoms with Gasteiger partial charge in [0.1, 0.15) is 11.6 Å². The highest BCUT2D eigenvalue weighted by atomic mass is 35.5. The first-order valence-corrected chi connectivity index (χ1v) is 11.7. The molecule has 1 amide bonds. The van der Waals surface area contributed by atoms with Gasteiger partial charge in [-0.3, -0.25) is 4.79 Å². The van der Waals surface area contributed by atoms with Gasteiger partial charge in [-0.2, -0.15) is 0 Å². The van der Waals surface area contributed by atoms with E-state index in [-0.39, 0.29) is 28.3 Å². The van der Waals surface area contributed by atoms with E-state index in [4.69, 9.17) is 16.3 Å². The first-order valence-electron chi connectivity index (χ1n) is 8.64. The molecule has 10 heteroatoms. The Bertz CT molecular complexity index is 984. The van der Waals surface area contributed by atoms with Crippen molar-refractivity contribution in [2.75, 3.05) is 18.2 Å². The third kappa shape index (κ3) is 6.88. The molecule has 2 rings (SSSR count). The molecule has 158 valence electrons. The van der Waals surface area contributed by atoms with Crippen molar-refractivity contribution in [1.82, 2.24) is 4.72 Å². The van der Waals surface area contributed by atoms with Crippen molar-refractivity contribution in [3.63, 3.8) is 0 Å². The van der Waals surface area contributed by atoms with E-state index < -0.39 is 15.8 Å². The Morgan fingerprint density at radius 2 is 1.97 bits per heavy atom. The molecule has 2 N–H and O–H groups in total. The van der Waals surface area contributed by atoms with E-state index in [0.717, 1.165) is 0 Å². The van der Waals surface area contributed by atoms with Crippen LogP contribution in [-0.2, 0) is 20.6 Å². The lowest BCUT2D eigenvalue weighted by molar-refractivity contribution is -0.113. The largest absolute Gasteiger partial charge is 0.495 e. The topological polar surface area (TPSA) is 84.5 Å². The number of halogens is 2. The van der Waals surface area contributed by atoms with E-state index in [2.05, 4.69) is 10.0 Å². The van der Waals surface area contributed by atoms with Gasteiger partial charge in [0.2, 0.25) is 15.9 Å². The van der Waals surface area contributed by atoms with E-state index in [0.29, 0.717) is 22.1 Å². The molecule has 0 bridgehead atoms. The van der Waals surface area contributed by atoms with Gasteiger partial charge in [0.25, 0.3) is 0 Å². The molecule has 29 heavy (non-hydrogen) atoms. The number of anilines is 1. The third-order valence-electron chi connectivity index (χ3n) is 3.65. The maximum absolute atomic E-state index is 13.8. The van der Waals surface area contributed by atoms with Crippen molar-refractivity contribution in [2.24, 2.45) is 0 Å². The van der Waals surface area contributed by atoms with Crippen molar-refractivity contribution in [3.05, 3.63) is 52.8 Å². The summed E-state index contributed by atoms with van der Waals surface area (Å²) in [7, 11) is -2.30. The fraction of sp³-hybridized carbons (Fsp3) is 0.316. The second-order valence-corrected chi connectivity index (χ2v) is 9.55. The van der Waals surface area contributed by atoms with Crippen LogP contribution in [0.25, 0.3) is 0 Å². The minimum atomic E-state index is -3.72. The molecule has 0 saturated carbocycles. The predicted molar refractivity (Wildman–Crippen MR) is 115 cm³/mol. The van der Waals surface area contributed by atoms with Crippen molar-refractivity contribution >= 4 is 45.0 Å². The van der Waals surface area contributed by atoms with E-state index in [1.54, 1.807) is 26.0 Å². The minimum absolute atomic E-state index is 0.0122. The maximum atomic E-state index is 13.8. The van der Waals surface area contributed by atoms with Gasteiger partial charge in [-0.25, -0.2) is 17.5 Å². The molecule has 0 saturated heterocycles. The fourth-order valence-electron chi connectivity index (χ4n) is 2.41. The highest BCUT2D eigenvalue weighted by Crippen LogP contribution is 2.28. The number of hydrogen-bond acceptors (Lipinski definition) is 5. The number of hydrogen-bond donors (Lipinski definition) is 2. The number of carbonyl (C=O) groups is 1. The molecule has 2 aromatic carbocycles. The molecule has 0 aliphatic rings. The summed E-state index contributed by atoms with van der Waals surface area (Å²) in [5, 5.41) is 2.95. The van der Waals surface area contributed by atoms with Gasteiger partial charge in [0.05, 0.1) is 23.4 Å². The quantitative estimate of drug-likeness (QED) is 0.589. The molecule has 6 nitrogen and oxygen atoms in total. The SMILES string of the molecule is COc1ccc(S(=O)(=O)NC(C)C)cc1NC(=O)CSCc1ccc(Cl)cc1F. The summed E-state index contributed by atoms with van der Waals surface area (Å²) in [6.45, 7) is 3.43. The number of ether oxygens (including phenoxy) is 1. The third-order valence-corrected chi connectivity index (χ3v) is 6.52. The molecule has 0 aliphatic heterocycles. The Kier molecular flexibility index (Phi) is 8.33. The zero-order valence-electron chi connectivity index (χ0n) is 16.2. The average molecular weight is 461 g/mol. The predicted octanol–water partition coefficient (Wildman–Crippen LogP) is 4.05. The molecular formula is C19H22ClFN2O4S2. The van der Waals surface area contributed by atoms with Gasteiger partial charge in [-0.1, -0.05) is 17.7 Å². The number of amides is 1. The molecule has 0 aliphatic carbocycles. The van der Waals surface area contributed by atoms with Crippen LogP contribution in [0.1, 0.15) is 19.4 Å². The van der Waals surface area contributed by atoms with Crippen LogP contribution in [0.4, 0.5) is 10.1 Å². The lowest BCUT2D eigenvalue weighted by Gasteiger charge is -2.14. The first-order chi connectivity index (χ1) is 13.6. The van der Waals surface area contributed by atoms with Crippen LogP contribution in [0.3, 0.4) is 0 Å². The van der Waals surface area contributed by atoms with E-state index in [1.165, 1.54) is 43.1 Å². The van der Waals surface area contributed by atoms with Crippen molar-refractivity contribution < 1.29 is 22.3 Å². The molecule has 0 aromatic heterocycles. The Balaban J connectivity index is 2.05. The summed E-state index contributed by atoms with van der Waals surface area (Å²) in [5.74, 6) is -0.125. The van der Waals surface area contributed by atoms with Gasteiger partial charge in [-0.05, 0) is 49.7 Å². The van der Waals surface area contributed by atoms with Crippen LogP contribution < -0.4 is 14.8 Å². The molecular weight excluding hydrogens is 439 g/mol. The van der Waals surface area contributed by atoms with E-state index in [9.17, 15) is 17.6 Å². The first kappa shape index (κ1) is 23.5. The second-order valence-electron chi connectivity index (χ2n) is 6.41. The Morgan fingerprint density at radius 3 is 2.59 bits per heavy atom. The summed E-state index contributed by atoms with van der Waals surface area (Å²) in [5.41, 5.74) is 0.681. The molecule has 0 unspecified atom stereocenters. The van der Waals surface area contributed by atoms with Crippen LogP contribution in [0, 0.1) is 5.82 Å². The van der Waals surface area contributed by atoms with Gasteiger partial charge < -0.3 is 10.1 Å². The standard InChI is InChI=1S/C19H22ClFN2O4S2/c1-12(2)23-29(25,26)15-6-7-18(27-3)17(9-15)22-19(24)11-28-10-13-4-5-14(20)8-16(13)21/h4-9,12,23H,10-11H2,1-3H3,(H,22,24). The molecule has 0 fully saturated rings. The maximum Gasteiger partial charge on any atom is 0.240 e.